The van der Waals surface area contributed by atoms with Crippen LogP contribution in [0.25, 0.3) is 10.9 Å². The summed E-state index contributed by atoms with van der Waals surface area (Å²) in [5, 5.41) is 9.62. The van der Waals surface area contributed by atoms with Crippen molar-refractivity contribution in [2.24, 2.45) is 0 Å². The quantitative estimate of drug-likeness (QED) is 0.434. The molecule has 3 N–H and O–H groups in total. The van der Waals surface area contributed by atoms with Gasteiger partial charge in [-0.05, 0) is 49.1 Å². The first kappa shape index (κ1) is 25.6. The van der Waals surface area contributed by atoms with Crippen LogP contribution in [0.15, 0.2) is 42.6 Å². The molecule has 0 saturated carbocycles. The van der Waals surface area contributed by atoms with Crippen molar-refractivity contribution in [3.05, 3.63) is 54.0 Å². The maximum absolute atomic E-state index is 13.4. The molecule has 4 rings (SSSR count). The van der Waals surface area contributed by atoms with Crippen molar-refractivity contribution in [1.82, 2.24) is 14.9 Å². The third-order valence-corrected chi connectivity index (χ3v) is 7.23. The molecule has 190 valence electrons. The molecule has 1 saturated heterocycles. The number of hydrogen-bond acceptors (Lipinski definition) is 5. The van der Waals surface area contributed by atoms with E-state index in [0.29, 0.717) is 28.1 Å². The standard InChI is InChI=1S/C25H26F3N5O2S/c1-29-24(34)22-8-7-18(15-31-22)30-11-3-4-19-14-20-21(32-17-9-12-36(35)13-10-17)5-2-6-23(20)33(19)16-25(26,27)28/h2,5-8,14-15,17,30,32H,9-13,16H2,1H3,(H,29,34). The maximum atomic E-state index is 13.4. The van der Waals surface area contributed by atoms with Gasteiger partial charge in [0.15, 0.2) is 0 Å². The number of nitrogens with zero attached hydrogens (tertiary/aromatic N) is 2. The van der Waals surface area contributed by atoms with Gasteiger partial charge in [-0.15, -0.1) is 0 Å². The Bertz CT molecular complexity index is 1320. The molecule has 1 aliphatic rings. The van der Waals surface area contributed by atoms with E-state index in [2.05, 4.69) is 32.8 Å². The highest BCUT2D eigenvalue weighted by Crippen LogP contribution is 2.31. The van der Waals surface area contributed by atoms with E-state index in [1.807, 2.05) is 6.07 Å². The Morgan fingerprint density at radius 1 is 1.22 bits per heavy atom. The van der Waals surface area contributed by atoms with Gasteiger partial charge in [0.25, 0.3) is 5.91 Å². The molecule has 0 aliphatic carbocycles. The molecule has 0 atom stereocenters. The second-order valence-electron chi connectivity index (χ2n) is 8.40. The summed E-state index contributed by atoms with van der Waals surface area (Å²) in [4.78, 5) is 15.6. The van der Waals surface area contributed by atoms with Crippen molar-refractivity contribution >= 4 is 39.0 Å². The molecule has 0 radical (unpaired) electrons. The van der Waals surface area contributed by atoms with Crippen LogP contribution in [0.4, 0.5) is 24.5 Å². The van der Waals surface area contributed by atoms with Gasteiger partial charge in [0.05, 0.1) is 29.6 Å². The van der Waals surface area contributed by atoms with Crippen molar-refractivity contribution in [1.29, 1.82) is 0 Å². The molecular formula is C25H26F3N5O2S. The van der Waals surface area contributed by atoms with Gasteiger partial charge in [0.1, 0.15) is 12.2 Å². The largest absolute Gasteiger partial charge is 0.406 e. The minimum atomic E-state index is -4.41. The van der Waals surface area contributed by atoms with Crippen LogP contribution >= 0.6 is 0 Å². The molecule has 0 spiro atoms. The van der Waals surface area contributed by atoms with E-state index in [4.69, 9.17) is 0 Å². The molecule has 3 aromatic rings. The number of hydrogen-bond donors (Lipinski definition) is 3. The molecule has 36 heavy (non-hydrogen) atoms. The van der Waals surface area contributed by atoms with Crippen molar-refractivity contribution < 1.29 is 22.2 Å². The SMILES string of the molecule is CNC(=O)c1ccc(NCC#Cc2cc3c(NC4CCS(=O)CC4)cccc3n2CC(F)(F)F)cn1. The van der Waals surface area contributed by atoms with Crippen LogP contribution in [0, 0.1) is 11.8 Å². The minimum Gasteiger partial charge on any atom is -0.382 e. The van der Waals surface area contributed by atoms with E-state index in [1.165, 1.54) is 17.8 Å². The zero-order valence-electron chi connectivity index (χ0n) is 19.6. The molecule has 11 heteroatoms. The molecule has 1 amide bonds. The van der Waals surface area contributed by atoms with Crippen LogP contribution in [0.2, 0.25) is 0 Å². The Hall–Kier alpha value is -3.52. The first-order chi connectivity index (χ1) is 17.2. The van der Waals surface area contributed by atoms with Gasteiger partial charge < -0.3 is 20.5 Å². The number of alkyl halides is 3. The highest BCUT2D eigenvalue weighted by molar-refractivity contribution is 7.85. The number of nitrogens with one attached hydrogen (secondary N) is 3. The van der Waals surface area contributed by atoms with E-state index in [9.17, 15) is 22.2 Å². The van der Waals surface area contributed by atoms with E-state index in [-0.39, 0.29) is 29.9 Å². The van der Waals surface area contributed by atoms with Gasteiger partial charge in [0.2, 0.25) is 0 Å². The van der Waals surface area contributed by atoms with Crippen LogP contribution in [0.3, 0.4) is 0 Å². The zero-order valence-corrected chi connectivity index (χ0v) is 20.4. The maximum Gasteiger partial charge on any atom is 0.406 e. The van der Waals surface area contributed by atoms with E-state index >= 15 is 0 Å². The fourth-order valence-electron chi connectivity index (χ4n) is 4.06. The van der Waals surface area contributed by atoms with Crippen LogP contribution < -0.4 is 16.0 Å². The van der Waals surface area contributed by atoms with E-state index in [1.54, 1.807) is 30.3 Å². The van der Waals surface area contributed by atoms with Gasteiger partial charge in [-0.3, -0.25) is 9.00 Å². The van der Waals surface area contributed by atoms with Gasteiger partial charge in [-0.2, -0.15) is 13.2 Å². The summed E-state index contributed by atoms with van der Waals surface area (Å²) in [5.74, 6) is 6.69. The molecular weight excluding hydrogens is 491 g/mol. The van der Waals surface area contributed by atoms with Crippen LogP contribution in [0.1, 0.15) is 29.0 Å². The predicted octanol–water partition coefficient (Wildman–Crippen LogP) is 3.74. The number of anilines is 2. The third-order valence-electron chi connectivity index (χ3n) is 5.85. The highest BCUT2D eigenvalue weighted by atomic mass is 32.2. The normalized spacial score (nSPS) is 17.8. The van der Waals surface area contributed by atoms with E-state index < -0.39 is 23.5 Å². The molecule has 0 unspecified atom stereocenters. The van der Waals surface area contributed by atoms with Crippen molar-refractivity contribution in [3.8, 4) is 11.8 Å². The summed E-state index contributed by atoms with van der Waals surface area (Å²) in [7, 11) is 0.721. The lowest BCUT2D eigenvalue weighted by Crippen LogP contribution is -2.29. The number of pyridine rings is 1. The molecule has 3 heterocycles. The summed E-state index contributed by atoms with van der Waals surface area (Å²) in [6.07, 6.45) is -1.41. The first-order valence-electron chi connectivity index (χ1n) is 11.4. The summed E-state index contributed by atoms with van der Waals surface area (Å²) in [6.45, 7) is -0.969. The van der Waals surface area contributed by atoms with Crippen LogP contribution in [-0.2, 0) is 17.3 Å². The predicted molar refractivity (Wildman–Crippen MR) is 136 cm³/mol. The second kappa shape index (κ2) is 11.0. The number of fused-ring (bicyclic) bond motifs is 1. The number of carbonyl (C=O) groups is 1. The lowest BCUT2D eigenvalue weighted by molar-refractivity contribution is -0.140. The van der Waals surface area contributed by atoms with Gasteiger partial charge in [0, 0.05) is 46.5 Å². The summed E-state index contributed by atoms with van der Waals surface area (Å²) in [5.41, 5.74) is 2.36. The number of carbonyl (C=O) groups excluding carboxylic acids is 1. The molecule has 7 nitrogen and oxygen atoms in total. The van der Waals surface area contributed by atoms with Crippen LogP contribution in [0.5, 0.6) is 0 Å². The number of rotatable bonds is 6. The topological polar surface area (TPSA) is 88.0 Å². The molecule has 1 aliphatic heterocycles. The summed E-state index contributed by atoms with van der Waals surface area (Å²) >= 11 is 0. The van der Waals surface area contributed by atoms with E-state index in [0.717, 1.165) is 18.5 Å². The lowest BCUT2D eigenvalue weighted by atomic mass is 10.1. The lowest BCUT2D eigenvalue weighted by Gasteiger charge is -2.24. The summed E-state index contributed by atoms with van der Waals surface area (Å²) in [6, 6.07) is 10.3. The third kappa shape index (κ3) is 6.37. The fourth-order valence-corrected chi connectivity index (χ4v) is 5.36. The van der Waals surface area contributed by atoms with Crippen molar-refractivity contribution in [3.63, 3.8) is 0 Å². The zero-order chi connectivity index (χ0) is 25.7. The second-order valence-corrected chi connectivity index (χ2v) is 10.1. The average Bonchev–Trinajstić information content (AvgIpc) is 3.20. The average molecular weight is 518 g/mol. The minimum absolute atomic E-state index is 0.126. The number of benzene rings is 1. The Labute approximate surface area is 209 Å². The first-order valence-corrected chi connectivity index (χ1v) is 12.9. The Kier molecular flexibility index (Phi) is 7.84. The molecule has 1 aromatic carbocycles. The molecule has 1 fully saturated rings. The molecule has 2 aromatic heterocycles. The molecule has 0 bridgehead atoms. The smallest absolute Gasteiger partial charge is 0.382 e. The Balaban J connectivity index is 1.55. The number of halogens is 3. The van der Waals surface area contributed by atoms with Gasteiger partial charge in [-0.25, -0.2) is 4.98 Å². The summed E-state index contributed by atoms with van der Waals surface area (Å²) < 4.78 is 53.0. The fraction of sp³-hybridized carbons (Fsp3) is 0.360. The van der Waals surface area contributed by atoms with Gasteiger partial charge in [-0.1, -0.05) is 12.0 Å². The highest BCUT2D eigenvalue weighted by Gasteiger charge is 2.30. The number of aromatic nitrogens is 2. The Morgan fingerprint density at radius 2 is 2.00 bits per heavy atom. The van der Waals surface area contributed by atoms with Crippen molar-refractivity contribution in [2.45, 2.75) is 31.6 Å². The van der Waals surface area contributed by atoms with Crippen molar-refractivity contribution in [2.75, 3.05) is 35.7 Å². The monoisotopic (exact) mass is 517 g/mol. The Morgan fingerprint density at radius 3 is 2.67 bits per heavy atom. The van der Waals surface area contributed by atoms with Gasteiger partial charge >= 0.3 is 6.18 Å². The van der Waals surface area contributed by atoms with Crippen LogP contribution in [-0.4, -0.2) is 57.0 Å². The number of amides is 1.